The molecule has 0 saturated heterocycles. The zero-order valence-corrected chi connectivity index (χ0v) is 13.3. The topological polar surface area (TPSA) is 63.1 Å². The molecular weight excluding hydrogens is 254 g/mol. The van der Waals surface area contributed by atoms with Crippen LogP contribution in [0.5, 0.6) is 0 Å². The summed E-state index contributed by atoms with van der Waals surface area (Å²) in [7, 11) is 3.67. The number of carbonyl (C=O) groups excluding carboxylic acids is 1. The van der Waals surface area contributed by atoms with E-state index >= 15 is 0 Å². The summed E-state index contributed by atoms with van der Waals surface area (Å²) in [6.07, 6.45) is 0.758. The van der Waals surface area contributed by atoms with Crippen LogP contribution in [0.25, 0.3) is 0 Å². The molecule has 1 amide bonds. The summed E-state index contributed by atoms with van der Waals surface area (Å²) >= 11 is 0. The van der Waals surface area contributed by atoms with Crippen LogP contribution in [-0.2, 0) is 18.4 Å². The first-order chi connectivity index (χ1) is 9.24. The number of amides is 1. The Kier molecular flexibility index (Phi) is 4.98. The van der Waals surface area contributed by atoms with Gasteiger partial charge < -0.3 is 15.2 Å². The highest BCUT2D eigenvalue weighted by Gasteiger charge is 2.25. The smallest absolute Gasteiger partial charge is 0.225 e. The summed E-state index contributed by atoms with van der Waals surface area (Å²) in [5.41, 5.74) is 1.02. The quantitative estimate of drug-likeness (QED) is 0.863. The van der Waals surface area contributed by atoms with Crippen molar-refractivity contribution in [3.05, 3.63) is 27.5 Å². The Labute approximate surface area is 120 Å². The average Bonchev–Trinajstić information content (AvgIpc) is 2.42. The molecule has 0 radical (unpaired) electrons. The number of hydrogen-bond acceptors (Lipinski definition) is 3. The van der Waals surface area contributed by atoms with Gasteiger partial charge in [0.1, 0.15) is 5.82 Å². The summed E-state index contributed by atoms with van der Waals surface area (Å²) in [6.45, 7) is 7.93. The number of anilines is 1. The number of aromatic nitrogens is 1. The van der Waals surface area contributed by atoms with Crippen LogP contribution in [-0.4, -0.2) is 17.5 Å². The molecule has 0 aliphatic heterocycles. The molecule has 0 bridgehead atoms. The van der Waals surface area contributed by atoms with E-state index in [4.69, 9.17) is 0 Å². The van der Waals surface area contributed by atoms with Gasteiger partial charge in [-0.25, -0.2) is 0 Å². The van der Waals surface area contributed by atoms with Crippen LogP contribution in [0.15, 0.2) is 10.9 Å². The lowest BCUT2D eigenvalue weighted by Gasteiger charge is -2.22. The van der Waals surface area contributed by atoms with Crippen molar-refractivity contribution in [3.63, 3.8) is 0 Å². The summed E-state index contributed by atoms with van der Waals surface area (Å²) < 4.78 is 1.91. The van der Waals surface area contributed by atoms with Crippen LogP contribution in [0, 0.1) is 12.3 Å². The average molecular weight is 279 g/mol. The SMILES string of the molecule is CCC(C)(C)C(=O)NCc1c(C)n(C)c(NC)cc1=O. The van der Waals surface area contributed by atoms with Gasteiger partial charge in [0, 0.05) is 43.4 Å². The van der Waals surface area contributed by atoms with E-state index in [-0.39, 0.29) is 17.9 Å². The first-order valence-corrected chi connectivity index (χ1v) is 6.90. The van der Waals surface area contributed by atoms with E-state index < -0.39 is 5.41 Å². The lowest BCUT2D eigenvalue weighted by atomic mass is 9.89. The van der Waals surface area contributed by atoms with Gasteiger partial charge in [-0.3, -0.25) is 9.59 Å². The van der Waals surface area contributed by atoms with E-state index in [0.29, 0.717) is 5.56 Å². The van der Waals surface area contributed by atoms with Crippen LogP contribution in [0.1, 0.15) is 38.4 Å². The van der Waals surface area contributed by atoms with Crippen LogP contribution in [0.3, 0.4) is 0 Å². The van der Waals surface area contributed by atoms with E-state index in [1.807, 2.05) is 39.3 Å². The van der Waals surface area contributed by atoms with Gasteiger partial charge in [-0.1, -0.05) is 20.8 Å². The van der Waals surface area contributed by atoms with Crippen LogP contribution >= 0.6 is 0 Å². The predicted molar refractivity (Wildman–Crippen MR) is 81.9 cm³/mol. The molecule has 0 atom stereocenters. The fourth-order valence-corrected chi connectivity index (χ4v) is 1.89. The number of pyridine rings is 1. The highest BCUT2D eigenvalue weighted by Crippen LogP contribution is 2.19. The zero-order chi connectivity index (χ0) is 15.5. The Morgan fingerprint density at radius 2 is 2.00 bits per heavy atom. The summed E-state index contributed by atoms with van der Waals surface area (Å²) in [5.74, 6) is 0.732. The van der Waals surface area contributed by atoms with E-state index in [0.717, 1.165) is 17.9 Å². The molecule has 1 aromatic rings. The Bertz CT molecular complexity index is 559. The molecule has 2 N–H and O–H groups in total. The predicted octanol–water partition coefficient (Wildman–Crippen LogP) is 1.79. The molecule has 0 aromatic carbocycles. The maximum absolute atomic E-state index is 12.1. The first kappa shape index (κ1) is 16.3. The molecule has 5 nitrogen and oxygen atoms in total. The van der Waals surface area contributed by atoms with Gasteiger partial charge in [0.25, 0.3) is 0 Å². The molecule has 0 saturated carbocycles. The van der Waals surface area contributed by atoms with Crippen molar-refractivity contribution in [2.45, 2.75) is 40.7 Å². The normalized spacial score (nSPS) is 11.3. The van der Waals surface area contributed by atoms with Gasteiger partial charge in [0.2, 0.25) is 5.91 Å². The van der Waals surface area contributed by atoms with Crippen molar-refractivity contribution in [1.82, 2.24) is 9.88 Å². The Balaban J connectivity index is 2.98. The van der Waals surface area contributed by atoms with Gasteiger partial charge in [0.05, 0.1) is 0 Å². The standard InChI is InChI=1S/C15H25N3O2/c1-7-15(3,4)14(20)17-9-11-10(2)18(6)13(16-5)8-12(11)19/h8,16H,7,9H2,1-6H3,(H,17,20). The third-order valence-corrected chi connectivity index (χ3v) is 4.05. The maximum atomic E-state index is 12.1. The van der Waals surface area contributed by atoms with E-state index in [9.17, 15) is 9.59 Å². The minimum Gasteiger partial charge on any atom is -0.374 e. The van der Waals surface area contributed by atoms with Gasteiger partial charge in [-0.15, -0.1) is 0 Å². The summed E-state index contributed by atoms with van der Waals surface area (Å²) in [5, 5.41) is 5.84. The molecule has 0 aliphatic rings. The monoisotopic (exact) mass is 279 g/mol. The number of nitrogens with zero attached hydrogens (tertiary/aromatic N) is 1. The molecule has 1 aromatic heterocycles. The number of hydrogen-bond donors (Lipinski definition) is 2. The third kappa shape index (κ3) is 3.21. The maximum Gasteiger partial charge on any atom is 0.225 e. The third-order valence-electron chi connectivity index (χ3n) is 4.05. The molecule has 0 unspecified atom stereocenters. The Hall–Kier alpha value is -1.78. The second-order valence-corrected chi connectivity index (χ2v) is 5.69. The summed E-state index contributed by atoms with van der Waals surface area (Å²) in [4.78, 5) is 24.2. The molecule has 0 spiro atoms. The van der Waals surface area contributed by atoms with Crippen molar-refractivity contribution in [2.75, 3.05) is 12.4 Å². The highest BCUT2D eigenvalue weighted by molar-refractivity contribution is 5.81. The molecule has 20 heavy (non-hydrogen) atoms. The zero-order valence-electron chi connectivity index (χ0n) is 13.3. The van der Waals surface area contributed by atoms with Crippen molar-refractivity contribution < 1.29 is 4.79 Å². The van der Waals surface area contributed by atoms with E-state index in [1.165, 1.54) is 0 Å². The van der Waals surface area contributed by atoms with Crippen molar-refractivity contribution in [1.29, 1.82) is 0 Å². The minimum absolute atomic E-state index is 0.0286. The van der Waals surface area contributed by atoms with Gasteiger partial charge in [0.15, 0.2) is 5.43 Å². The lowest BCUT2D eigenvalue weighted by Crippen LogP contribution is -2.37. The molecule has 0 aliphatic carbocycles. The molecule has 1 rings (SSSR count). The van der Waals surface area contributed by atoms with E-state index in [2.05, 4.69) is 10.6 Å². The van der Waals surface area contributed by atoms with Crippen LogP contribution in [0.4, 0.5) is 5.82 Å². The van der Waals surface area contributed by atoms with Gasteiger partial charge in [-0.2, -0.15) is 0 Å². The number of carbonyl (C=O) groups is 1. The highest BCUT2D eigenvalue weighted by atomic mass is 16.2. The molecule has 5 heteroatoms. The Morgan fingerprint density at radius 1 is 1.40 bits per heavy atom. The molecule has 1 heterocycles. The second-order valence-electron chi connectivity index (χ2n) is 5.69. The van der Waals surface area contributed by atoms with Gasteiger partial charge >= 0.3 is 0 Å². The second kappa shape index (κ2) is 6.11. The van der Waals surface area contributed by atoms with Crippen molar-refractivity contribution in [3.8, 4) is 0 Å². The minimum atomic E-state index is -0.413. The number of nitrogens with one attached hydrogen (secondary N) is 2. The van der Waals surface area contributed by atoms with E-state index in [1.54, 1.807) is 13.1 Å². The van der Waals surface area contributed by atoms with Crippen LogP contribution < -0.4 is 16.1 Å². The molecular formula is C15H25N3O2. The summed E-state index contributed by atoms with van der Waals surface area (Å²) in [6, 6.07) is 1.56. The lowest BCUT2D eigenvalue weighted by molar-refractivity contribution is -0.129. The number of rotatable bonds is 5. The fraction of sp³-hybridized carbons (Fsp3) is 0.600. The Morgan fingerprint density at radius 3 is 2.50 bits per heavy atom. The van der Waals surface area contributed by atoms with Crippen LogP contribution in [0.2, 0.25) is 0 Å². The fourth-order valence-electron chi connectivity index (χ4n) is 1.89. The van der Waals surface area contributed by atoms with Crippen molar-refractivity contribution >= 4 is 11.7 Å². The largest absolute Gasteiger partial charge is 0.374 e. The van der Waals surface area contributed by atoms with Gasteiger partial charge in [-0.05, 0) is 13.3 Å². The molecule has 112 valence electrons. The van der Waals surface area contributed by atoms with Crippen molar-refractivity contribution in [2.24, 2.45) is 12.5 Å². The molecule has 0 fully saturated rings. The first-order valence-electron chi connectivity index (χ1n) is 6.90.